The third-order valence-corrected chi connectivity index (χ3v) is 5.83. The van der Waals surface area contributed by atoms with E-state index in [1.165, 1.54) is 24.0 Å². The number of carbonyl (C=O) groups excluding carboxylic acids is 1. The zero-order valence-electron chi connectivity index (χ0n) is 14.9. The van der Waals surface area contributed by atoms with Crippen molar-refractivity contribution >= 4 is 5.97 Å². The van der Waals surface area contributed by atoms with E-state index in [4.69, 9.17) is 4.74 Å². The summed E-state index contributed by atoms with van der Waals surface area (Å²) in [6, 6.07) is 8.58. The average Bonchev–Trinajstić information content (AvgIpc) is 3.28. The van der Waals surface area contributed by atoms with Crippen LogP contribution in [0.2, 0.25) is 0 Å². The summed E-state index contributed by atoms with van der Waals surface area (Å²) in [5, 5.41) is 0. The number of carbonyl (C=O) groups is 1. The molecule has 0 saturated heterocycles. The van der Waals surface area contributed by atoms with Crippen LogP contribution in [0.25, 0.3) is 0 Å². The topological polar surface area (TPSA) is 26.3 Å². The van der Waals surface area contributed by atoms with Crippen molar-refractivity contribution in [2.45, 2.75) is 65.4 Å². The molecule has 2 fully saturated rings. The fourth-order valence-corrected chi connectivity index (χ4v) is 4.12. The molecule has 5 atom stereocenters. The molecule has 1 aromatic rings. The first-order valence-electron chi connectivity index (χ1n) is 9.22. The van der Waals surface area contributed by atoms with E-state index in [9.17, 15) is 4.79 Å². The molecule has 0 heterocycles. The lowest BCUT2D eigenvalue weighted by Crippen LogP contribution is -2.36. The molecule has 0 aromatic heterocycles. The van der Waals surface area contributed by atoms with Gasteiger partial charge in [0.2, 0.25) is 0 Å². The minimum Gasteiger partial charge on any atom is -0.462 e. The lowest BCUT2D eigenvalue weighted by Gasteiger charge is -2.36. The van der Waals surface area contributed by atoms with Crippen LogP contribution in [0.5, 0.6) is 0 Å². The molecule has 0 aliphatic heterocycles. The van der Waals surface area contributed by atoms with E-state index in [-0.39, 0.29) is 18.0 Å². The van der Waals surface area contributed by atoms with Crippen LogP contribution in [0.15, 0.2) is 24.3 Å². The highest BCUT2D eigenvalue weighted by molar-refractivity contribution is 5.77. The molecule has 2 saturated carbocycles. The van der Waals surface area contributed by atoms with Gasteiger partial charge in [0.05, 0.1) is 5.92 Å². The summed E-state index contributed by atoms with van der Waals surface area (Å²) in [7, 11) is 0. The number of benzene rings is 1. The molecule has 2 nitrogen and oxygen atoms in total. The Bertz CT molecular complexity index is 545. The van der Waals surface area contributed by atoms with Crippen molar-refractivity contribution in [2.75, 3.05) is 0 Å². The summed E-state index contributed by atoms with van der Waals surface area (Å²) in [5.41, 5.74) is 2.56. The molecule has 0 bridgehead atoms. The normalized spacial score (nSPS) is 33.5. The molecule has 23 heavy (non-hydrogen) atoms. The Labute approximate surface area is 140 Å². The minimum atomic E-state index is 0.0420. The smallest absolute Gasteiger partial charge is 0.309 e. The summed E-state index contributed by atoms with van der Waals surface area (Å²) in [4.78, 5) is 12.6. The van der Waals surface area contributed by atoms with E-state index in [0.29, 0.717) is 23.7 Å². The molecule has 1 aromatic carbocycles. The van der Waals surface area contributed by atoms with Gasteiger partial charge >= 0.3 is 5.97 Å². The molecule has 0 N–H and O–H groups in total. The van der Waals surface area contributed by atoms with Gasteiger partial charge in [0, 0.05) is 0 Å². The van der Waals surface area contributed by atoms with E-state index in [2.05, 4.69) is 52.0 Å². The lowest BCUT2D eigenvalue weighted by molar-refractivity contribution is -0.157. The van der Waals surface area contributed by atoms with Crippen molar-refractivity contribution in [3.8, 4) is 0 Å². The second-order valence-electron chi connectivity index (χ2n) is 8.16. The number of hydrogen-bond acceptors (Lipinski definition) is 2. The van der Waals surface area contributed by atoms with Crippen molar-refractivity contribution in [3.63, 3.8) is 0 Å². The van der Waals surface area contributed by atoms with Crippen LogP contribution in [-0.2, 0) is 9.53 Å². The first-order valence-corrected chi connectivity index (χ1v) is 9.22. The van der Waals surface area contributed by atoms with Gasteiger partial charge in [-0.2, -0.15) is 0 Å². The molecule has 2 heteroatoms. The van der Waals surface area contributed by atoms with E-state index in [1.54, 1.807) is 0 Å². The Hall–Kier alpha value is -1.31. The van der Waals surface area contributed by atoms with Gasteiger partial charge in [0.1, 0.15) is 6.10 Å². The Morgan fingerprint density at radius 2 is 1.83 bits per heavy atom. The quantitative estimate of drug-likeness (QED) is 0.722. The first-order chi connectivity index (χ1) is 11.0. The zero-order valence-corrected chi connectivity index (χ0v) is 14.9. The predicted octanol–water partition coefficient (Wildman–Crippen LogP) is 5.10. The SMILES string of the molecule is Cc1ccc([C@H]2C[C@@H]2C(=O)O[C@H]2C[C@@H](C)CC[C@@H]2C(C)C)cc1. The van der Waals surface area contributed by atoms with E-state index in [0.717, 1.165) is 12.8 Å². The van der Waals surface area contributed by atoms with Crippen molar-refractivity contribution in [1.82, 2.24) is 0 Å². The summed E-state index contributed by atoms with van der Waals surface area (Å²) >= 11 is 0. The average molecular weight is 314 g/mol. The molecule has 0 unspecified atom stereocenters. The highest BCUT2D eigenvalue weighted by Crippen LogP contribution is 2.49. The molecular weight excluding hydrogens is 284 g/mol. The third-order valence-electron chi connectivity index (χ3n) is 5.83. The maximum absolute atomic E-state index is 12.6. The van der Waals surface area contributed by atoms with Gasteiger partial charge in [-0.1, -0.05) is 57.0 Å². The molecule has 3 rings (SSSR count). The molecule has 2 aliphatic carbocycles. The second kappa shape index (κ2) is 6.67. The summed E-state index contributed by atoms with van der Waals surface area (Å²) < 4.78 is 6.00. The monoisotopic (exact) mass is 314 g/mol. The van der Waals surface area contributed by atoms with Crippen molar-refractivity contribution < 1.29 is 9.53 Å². The van der Waals surface area contributed by atoms with E-state index >= 15 is 0 Å². The summed E-state index contributed by atoms with van der Waals surface area (Å²) in [6.45, 7) is 8.89. The second-order valence-corrected chi connectivity index (χ2v) is 8.16. The number of esters is 1. The van der Waals surface area contributed by atoms with Gasteiger partial charge in [0.15, 0.2) is 0 Å². The van der Waals surface area contributed by atoms with Gasteiger partial charge < -0.3 is 4.74 Å². The van der Waals surface area contributed by atoms with Crippen molar-refractivity contribution in [1.29, 1.82) is 0 Å². The highest BCUT2D eigenvalue weighted by atomic mass is 16.5. The summed E-state index contributed by atoms with van der Waals surface area (Å²) in [5.74, 6) is 2.30. The number of aryl methyl sites for hydroxylation is 1. The van der Waals surface area contributed by atoms with Crippen LogP contribution in [0.1, 0.15) is 63.5 Å². The maximum Gasteiger partial charge on any atom is 0.309 e. The van der Waals surface area contributed by atoms with Gasteiger partial charge in [-0.05, 0) is 55.4 Å². The first kappa shape index (κ1) is 16.5. The fraction of sp³-hybridized carbons (Fsp3) is 0.667. The summed E-state index contributed by atoms with van der Waals surface area (Å²) in [6.07, 6.45) is 4.59. The number of hydrogen-bond donors (Lipinski definition) is 0. The zero-order chi connectivity index (χ0) is 16.6. The van der Waals surface area contributed by atoms with Crippen LogP contribution in [0.3, 0.4) is 0 Å². The maximum atomic E-state index is 12.6. The molecule has 126 valence electrons. The van der Waals surface area contributed by atoms with Gasteiger partial charge in [-0.15, -0.1) is 0 Å². The van der Waals surface area contributed by atoms with Gasteiger partial charge in [-0.3, -0.25) is 4.79 Å². The number of rotatable bonds is 4. The fourth-order valence-electron chi connectivity index (χ4n) is 4.12. The van der Waals surface area contributed by atoms with Crippen LogP contribution in [-0.4, -0.2) is 12.1 Å². The molecular formula is C21H30O2. The Balaban J connectivity index is 1.59. The van der Waals surface area contributed by atoms with Crippen molar-refractivity contribution in [3.05, 3.63) is 35.4 Å². The molecule has 0 amide bonds. The predicted molar refractivity (Wildman–Crippen MR) is 93.3 cm³/mol. The van der Waals surface area contributed by atoms with Crippen molar-refractivity contribution in [2.24, 2.45) is 23.7 Å². The third kappa shape index (κ3) is 3.79. The number of ether oxygens (including phenoxy) is 1. The van der Waals surface area contributed by atoms with E-state index < -0.39 is 0 Å². The largest absolute Gasteiger partial charge is 0.462 e. The van der Waals surface area contributed by atoms with Gasteiger partial charge in [-0.25, -0.2) is 0 Å². The van der Waals surface area contributed by atoms with Crippen LogP contribution in [0.4, 0.5) is 0 Å². The van der Waals surface area contributed by atoms with Crippen LogP contribution in [0, 0.1) is 30.6 Å². The molecule has 2 aliphatic rings. The minimum absolute atomic E-state index is 0.0420. The highest BCUT2D eigenvalue weighted by Gasteiger charge is 2.46. The molecule has 0 radical (unpaired) electrons. The Kier molecular flexibility index (Phi) is 4.79. The van der Waals surface area contributed by atoms with Crippen LogP contribution < -0.4 is 0 Å². The lowest BCUT2D eigenvalue weighted by atomic mass is 9.75. The van der Waals surface area contributed by atoms with Crippen LogP contribution >= 0.6 is 0 Å². The van der Waals surface area contributed by atoms with Gasteiger partial charge in [0.25, 0.3) is 0 Å². The Morgan fingerprint density at radius 1 is 1.13 bits per heavy atom. The molecule has 0 spiro atoms. The Morgan fingerprint density at radius 3 is 2.48 bits per heavy atom. The van der Waals surface area contributed by atoms with E-state index in [1.807, 2.05) is 0 Å². The standard InChI is InChI=1S/C21H30O2/c1-13(2)17-10-7-15(4)11-20(17)23-21(22)19-12-18(19)16-8-5-14(3)6-9-16/h5-6,8-9,13,15,17-20H,7,10-12H2,1-4H3/t15-,17+,18+,19-,20-/m0/s1.